The molecule has 0 saturated heterocycles. The average Bonchev–Trinajstić information content (AvgIpc) is 2.45. The van der Waals surface area contributed by atoms with Crippen LogP contribution in [0.3, 0.4) is 0 Å². The topological polar surface area (TPSA) is 86.7 Å². The Kier molecular flexibility index (Phi) is 6.10. The summed E-state index contributed by atoms with van der Waals surface area (Å²) in [4.78, 5) is 11.1. The summed E-state index contributed by atoms with van der Waals surface area (Å²) in [5, 5.41) is 9.12. The number of carboxylic acids is 1. The predicted molar refractivity (Wildman–Crippen MR) is 85.6 cm³/mol. The van der Waals surface area contributed by atoms with E-state index in [0.29, 0.717) is 13.0 Å². The fourth-order valence-corrected chi connectivity index (χ4v) is 2.72. The summed E-state index contributed by atoms with van der Waals surface area (Å²) in [6.45, 7) is 5.72. The van der Waals surface area contributed by atoms with E-state index in [-0.39, 0.29) is 6.54 Å². The van der Waals surface area contributed by atoms with Gasteiger partial charge in [-0.05, 0) is 31.4 Å². The lowest BCUT2D eigenvalue weighted by atomic mass is 9.86. The van der Waals surface area contributed by atoms with E-state index in [1.807, 2.05) is 24.3 Å². The number of carbonyl (C=O) groups is 1. The highest BCUT2D eigenvalue weighted by Gasteiger charge is 2.27. The summed E-state index contributed by atoms with van der Waals surface area (Å²) in [5.41, 5.74) is 0.905. The molecular formula is C15H24N2O4S. The molecule has 0 aromatic heterocycles. The lowest BCUT2D eigenvalue weighted by molar-refractivity contribution is -0.146. The highest BCUT2D eigenvalue weighted by atomic mass is 32.2. The number of nitrogens with zero attached hydrogens (tertiary/aromatic N) is 1. The molecule has 124 valence electrons. The predicted octanol–water partition coefficient (Wildman–Crippen LogP) is 1.63. The lowest BCUT2D eigenvalue weighted by Crippen LogP contribution is -2.37. The molecule has 0 bridgehead atoms. The van der Waals surface area contributed by atoms with Gasteiger partial charge in [-0.1, -0.05) is 31.2 Å². The molecule has 1 aromatic rings. The fraction of sp³-hybridized carbons (Fsp3) is 0.533. The van der Waals surface area contributed by atoms with Gasteiger partial charge in [0.2, 0.25) is 0 Å². The molecule has 6 nitrogen and oxygen atoms in total. The van der Waals surface area contributed by atoms with E-state index in [2.05, 4.69) is 4.72 Å². The van der Waals surface area contributed by atoms with E-state index in [9.17, 15) is 13.2 Å². The average molecular weight is 328 g/mol. The standard InChI is InChI=1S/C15H24N2O4S/c1-5-17(4)22(20,21)16-11-13-8-6-12(7-9-13)10-15(2,3)14(18)19/h6-9,16H,5,10-11H2,1-4H3,(H,18,19). The normalized spacial score (nSPS) is 12.6. The Morgan fingerprint density at radius 1 is 1.23 bits per heavy atom. The summed E-state index contributed by atoms with van der Waals surface area (Å²) >= 11 is 0. The van der Waals surface area contributed by atoms with Crippen LogP contribution in [0.2, 0.25) is 0 Å². The van der Waals surface area contributed by atoms with Crippen molar-refractivity contribution < 1.29 is 18.3 Å². The van der Waals surface area contributed by atoms with Crippen molar-refractivity contribution in [1.82, 2.24) is 9.03 Å². The van der Waals surface area contributed by atoms with Crippen LogP contribution in [0.1, 0.15) is 31.9 Å². The number of carboxylic acid groups (broad SMARTS) is 1. The van der Waals surface area contributed by atoms with Gasteiger partial charge in [-0.15, -0.1) is 0 Å². The zero-order valence-corrected chi connectivity index (χ0v) is 14.3. The highest BCUT2D eigenvalue weighted by Crippen LogP contribution is 2.22. The lowest BCUT2D eigenvalue weighted by Gasteiger charge is -2.19. The summed E-state index contributed by atoms with van der Waals surface area (Å²) in [6.07, 6.45) is 0.424. The minimum atomic E-state index is -3.45. The first-order chi connectivity index (χ1) is 10.1. The van der Waals surface area contributed by atoms with Gasteiger partial charge in [-0.25, -0.2) is 0 Å². The molecule has 1 rings (SSSR count). The molecule has 0 spiro atoms. The Labute approximate surface area is 132 Å². The number of aliphatic carboxylic acids is 1. The Hall–Kier alpha value is -1.44. The molecule has 0 unspecified atom stereocenters. The first-order valence-electron chi connectivity index (χ1n) is 7.10. The van der Waals surface area contributed by atoms with Gasteiger partial charge in [0.05, 0.1) is 5.41 Å². The van der Waals surface area contributed by atoms with E-state index < -0.39 is 21.6 Å². The van der Waals surface area contributed by atoms with Crippen LogP contribution in [0.15, 0.2) is 24.3 Å². The van der Waals surface area contributed by atoms with Crippen LogP contribution in [-0.4, -0.2) is 37.4 Å². The third-order valence-electron chi connectivity index (χ3n) is 3.56. The molecule has 2 N–H and O–H groups in total. The summed E-state index contributed by atoms with van der Waals surface area (Å²) < 4.78 is 27.4. The van der Waals surface area contributed by atoms with Crippen LogP contribution >= 0.6 is 0 Å². The van der Waals surface area contributed by atoms with Gasteiger partial charge in [-0.3, -0.25) is 4.79 Å². The second-order valence-corrected chi connectivity index (χ2v) is 7.78. The molecule has 0 aliphatic heterocycles. The van der Waals surface area contributed by atoms with Crippen LogP contribution in [0.5, 0.6) is 0 Å². The summed E-state index contributed by atoms with van der Waals surface area (Å²) in [6, 6.07) is 7.28. The Morgan fingerprint density at radius 3 is 2.18 bits per heavy atom. The molecule has 0 radical (unpaired) electrons. The number of hydrogen-bond donors (Lipinski definition) is 2. The zero-order chi connectivity index (χ0) is 17.0. The van der Waals surface area contributed by atoms with Gasteiger partial charge >= 0.3 is 5.97 Å². The molecular weight excluding hydrogens is 304 g/mol. The first-order valence-corrected chi connectivity index (χ1v) is 8.54. The van der Waals surface area contributed by atoms with Gasteiger partial charge in [0.1, 0.15) is 0 Å². The molecule has 0 saturated carbocycles. The van der Waals surface area contributed by atoms with Crippen LogP contribution in [0.25, 0.3) is 0 Å². The van der Waals surface area contributed by atoms with E-state index in [4.69, 9.17) is 5.11 Å². The largest absolute Gasteiger partial charge is 0.481 e. The number of hydrogen-bond acceptors (Lipinski definition) is 3. The number of nitrogens with one attached hydrogen (secondary N) is 1. The first kappa shape index (κ1) is 18.6. The fourth-order valence-electron chi connectivity index (χ4n) is 1.82. The van der Waals surface area contributed by atoms with E-state index in [1.54, 1.807) is 20.8 Å². The second kappa shape index (κ2) is 7.21. The maximum atomic E-state index is 11.8. The third kappa shape index (κ3) is 5.08. The molecule has 22 heavy (non-hydrogen) atoms. The van der Waals surface area contributed by atoms with Crippen molar-refractivity contribution in [3.05, 3.63) is 35.4 Å². The van der Waals surface area contributed by atoms with Crippen molar-refractivity contribution in [3.63, 3.8) is 0 Å². The van der Waals surface area contributed by atoms with Crippen molar-refractivity contribution in [3.8, 4) is 0 Å². The van der Waals surface area contributed by atoms with Crippen molar-refractivity contribution in [2.75, 3.05) is 13.6 Å². The minimum absolute atomic E-state index is 0.204. The summed E-state index contributed by atoms with van der Waals surface area (Å²) in [7, 11) is -1.94. The van der Waals surface area contributed by atoms with Crippen LogP contribution < -0.4 is 4.72 Å². The van der Waals surface area contributed by atoms with Gasteiger partial charge < -0.3 is 5.11 Å². The third-order valence-corrected chi connectivity index (χ3v) is 5.15. The number of benzene rings is 1. The van der Waals surface area contributed by atoms with Crippen LogP contribution in [0.4, 0.5) is 0 Å². The molecule has 0 aliphatic carbocycles. The molecule has 7 heteroatoms. The monoisotopic (exact) mass is 328 g/mol. The molecule has 0 aliphatic rings. The second-order valence-electron chi connectivity index (χ2n) is 5.92. The molecule has 0 fully saturated rings. The molecule has 1 aromatic carbocycles. The van der Waals surface area contributed by atoms with Gasteiger partial charge in [-0.2, -0.15) is 17.4 Å². The van der Waals surface area contributed by atoms with E-state index in [0.717, 1.165) is 11.1 Å². The summed E-state index contributed by atoms with van der Waals surface area (Å²) in [5.74, 6) is -0.841. The van der Waals surface area contributed by atoms with Crippen molar-refractivity contribution >= 4 is 16.2 Å². The molecule has 0 heterocycles. The van der Waals surface area contributed by atoms with Crippen LogP contribution in [-0.2, 0) is 28.0 Å². The highest BCUT2D eigenvalue weighted by molar-refractivity contribution is 7.87. The Balaban J connectivity index is 2.69. The van der Waals surface area contributed by atoms with Gasteiger partial charge in [0, 0.05) is 20.1 Å². The van der Waals surface area contributed by atoms with Crippen molar-refractivity contribution in [2.24, 2.45) is 5.41 Å². The zero-order valence-electron chi connectivity index (χ0n) is 13.5. The Bertz CT molecular complexity index is 609. The number of rotatable bonds is 8. The van der Waals surface area contributed by atoms with Gasteiger partial charge in [0.25, 0.3) is 10.2 Å². The molecule has 0 atom stereocenters. The molecule has 0 amide bonds. The van der Waals surface area contributed by atoms with E-state index >= 15 is 0 Å². The SMILES string of the molecule is CCN(C)S(=O)(=O)NCc1ccc(CC(C)(C)C(=O)O)cc1. The van der Waals surface area contributed by atoms with Crippen molar-refractivity contribution in [2.45, 2.75) is 33.7 Å². The van der Waals surface area contributed by atoms with Gasteiger partial charge in [0.15, 0.2) is 0 Å². The van der Waals surface area contributed by atoms with Crippen molar-refractivity contribution in [1.29, 1.82) is 0 Å². The van der Waals surface area contributed by atoms with E-state index in [1.165, 1.54) is 11.4 Å². The van der Waals surface area contributed by atoms with Crippen LogP contribution in [0, 0.1) is 5.41 Å². The maximum Gasteiger partial charge on any atom is 0.309 e. The Morgan fingerprint density at radius 2 is 1.73 bits per heavy atom. The smallest absolute Gasteiger partial charge is 0.309 e. The maximum absolute atomic E-state index is 11.8. The quantitative estimate of drug-likeness (QED) is 0.759. The minimum Gasteiger partial charge on any atom is -0.481 e.